The van der Waals surface area contributed by atoms with E-state index in [1.807, 2.05) is 0 Å². The van der Waals surface area contributed by atoms with Crippen molar-refractivity contribution in [3.05, 3.63) is 24.6 Å². The van der Waals surface area contributed by atoms with Crippen molar-refractivity contribution in [3.63, 3.8) is 0 Å². The van der Waals surface area contributed by atoms with Gasteiger partial charge in [0.25, 0.3) is 0 Å². The van der Waals surface area contributed by atoms with Gasteiger partial charge >= 0.3 is 49.6 Å². The van der Waals surface area contributed by atoms with Gasteiger partial charge in [0.05, 0.1) is 0 Å². The molecule has 8 N–H and O–H groups in total. The Balaban J connectivity index is -0.0000000133. The van der Waals surface area contributed by atoms with Crippen LogP contribution in [0.5, 0.6) is 0 Å². The molecular weight excluding hydrogens is 388 g/mol. The zero-order valence-electron chi connectivity index (χ0n) is 4.17. The Morgan fingerprint density at radius 1 is 0.556 bits per heavy atom. The van der Waals surface area contributed by atoms with Crippen molar-refractivity contribution >= 4 is 38.6 Å². The summed E-state index contributed by atoms with van der Waals surface area (Å²) in [5.41, 5.74) is 0. The Morgan fingerprint density at radius 3 is 0.556 bits per heavy atom. The minimum absolute atomic E-state index is 0. The number of halogens is 4. The van der Waals surface area contributed by atoms with E-state index in [2.05, 4.69) is 0 Å². The Bertz CT molecular complexity index is 28.0. The number of hydrogen-bond acceptors (Lipinski definition) is 0. The summed E-state index contributed by atoms with van der Waals surface area (Å²) in [4.78, 5) is 0. The van der Waals surface area contributed by atoms with Gasteiger partial charge in [-0.2, -0.15) is 0 Å². The molecule has 0 fully saturated rings. The van der Waals surface area contributed by atoms with Crippen molar-refractivity contribution in [1.29, 1.82) is 0 Å². The van der Waals surface area contributed by atoms with Gasteiger partial charge in [0.1, 0.15) is 0 Å². The third-order valence-electron chi connectivity index (χ3n) is 0. The summed E-state index contributed by atoms with van der Waals surface area (Å²) < 4.78 is 0. The fourth-order valence-corrected chi connectivity index (χ4v) is 0. The summed E-state index contributed by atoms with van der Waals surface area (Å²) in [6, 6.07) is 0. The van der Waals surface area contributed by atoms with Crippen molar-refractivity contribution in [2.45, 2.75) is 0 Å². The summed E-state index contributed by atoms with van der Waals surface area (Å²) in [5, 5.41) is 0. The Kier molecular flexibility index (Phi) is 42.6. The molecular formula is H8Cl4N4Os-4. The Hall–Kier alpha value is 1.64. The SMILES string of the molecule is [Cl][Os]([Cl])([Cl])[Cl].[NH2-].[NH2-].[NH2-].[NH2-]. The van der Waals surface area contributed by atoms with Crippen LogP contribution in [-0.2, 0) is 11.0 Å². The van der Waals surface area contributed by atoms with Crippen LogP contribution < -0.4 is 0 Å². The summed E-state index contributed by atoms with van der Waals surface area (Å²) in [6.07, 6.45) is 0. The molecule has 0 rings (SSSR count). The second kappa shape index (κ2) is 12.3. The van der Waals surface area contributed by atoms with Gasteiger partial charge in [-0.3, -0.25) is 0 Å². The standard InChI is InChI=1S/4ClH.4H2N.Os/h4*1H;4*1H2;/q;;;;4*-1;+4/p-4. The first-order chi connectivity index (χ1) is 2.00. The molecule has 0 aromatic heterocycles. The Labute approximate surface area is 73.9 Å². The largest absolute Gasteiger partial charge is 0.693 e. The molecule has 0 spiro atoms. The zero-order chi connectivity index (χ0) is 4.50. The molecule has 0 radical (unpaired) electrons. The summed E-state index contributed by atoms with van der Waals surface area (Å²) >= 11 is -3.17. The van der Waals surface area contributed by atoms with Gasteiger partial charge in [0, 0.05) is 0 Å². The van der Waals surface area contributed by atoms with Crippen molar-refractivity contribution in [1.82, 2.24) is 0 Å². The van der Waals surface area contributed by atoms with Crippen molar-refractivity contribution < 1.29 is 11.0 Å². The Morgan fingerprint density at radius 2 is 0.556 bits per heavy atom. The topological polar surface area (TPSA) is 134 Å². The quantitative estimate of drug-likeness (QED) is 0.502. The molecule has 0 atom stereocenters. The average molecular weight is 396 g/mol. The predicted molar refractivity (Wildman–Crippen MR) is 44.5 cm³/mol. The molecule has 0 heterocycles. The molecule has 9 heavy (non-hydrogen) atoms. The fourth-order valence-electron chi connectivity index (χ4n) is 0. The molecule has 0 bridgehead atoms. The molecule has 0 aliphatic rings. The van der Waals surface area contributed by atoms with E-state index in [0.717, 1.165) is 0 Å². The second-order valence-electron chi connectivity index (χ2n) is 0.303. The average Bonchev–Trinajstić information content (AvgIpc) is 0.722. The molecule has 68 valence electrons. The van der Waals surface area contributed by atoms with Gasteiger partial charge in [-0.1, -0.05) is 0 Å². The van der Waals surface area contributed by atoms with Crippen LogP contribution in [-0.4, -0.2) is 0 Å². The van der Waals surface area contributed by atoms with Crippen LogP contribution in [0, 0.1) is 0 Å². The van der Waals surface area contributed by atoms with Gasteiger partial charge < -0.3 is 24.6 Å². The van der Waals surface area contributed by atoms with Crippen LogP contribution in [0.25, 0.3) is 24.6 Å². The summed E-state index contributed by atoms with van der Waals surface area (Å²) in [7, 11) is 20.1. The molecule has 0 aliphatic heterocycles. The number of hydrogen-bond donors (Lipinski definition) is 0. The van der Waals surface area contributed by atoms with Crippen molar-refractivity contribution in [2.24, 2.45) is 0 Å². The first-order valence-corrected chi connectivity index (χ1v) is 13.1. The second-order valence-corrected chi connectivity index (χ2v) is 22.3. The minimum atomic E-state index is -3.17. The fraction of sp³-hybridized carbons (Fsp3) is 0. The minimum Gasteiger partial charge on any atom is -0.693 e. The molecule has 0 saturated heterocycles. The van der Waals surface area contributed by atoms with Crippen LogP contribution in [0.15, 0.2) is 0 Å². The van der Waals surface area contributed by atoms with E-state index >= 15 is 0 Å². The molecule has 0 saturated carbocycles. The molecule has 0 aromatic rings. The van der Waals surface area contributed by atoms with E-state index in [4.69, 9.17) is 38.6 Å². The van der Waals surface area contributed by atoms with Crippen LogP contribution in [0.3, 0.4) is 0 Å². The number of nitrogens with two attached hydrogens (primary N) is 4. The summed E-state index contributed by atoms with van der Waals surface area (Å²) in [6.45, 7) is 0. The van der Waals surface area contributed by atoms with Crippen LogP contribution in [0.4, 0.5) is 0 Å². The smallest absolute Gasteiger partial charge is 0.693 e. The molecule has 9 heteroatoms. The monoisotopic (exact) mass is 396 g/mol. The first-order valence-electron chi connectivity index (χ1n) is 0.535. The molecule has 0 aliphatic carbocycles. The van der Waals surface area contributed by atoms with Gasteiger partial charge in [0.15, 0.2) is 0 Å². The normalized spacial score (nSPS) is 8.44. The van der Waals surface area contributed by atoms with Crippen LogP contribution in [0.2, 0.25) is 0 Å². The van der Waals surface area contributed by atoms with E-state index in [1.165, 1.54) is 0 Å². The number of rotatable bonds is 0. The van der Waals surface area contributed by atoms with Crippen molar-refractivity contribution in [2.75, 3.05) is 0 Å². The van der Waals surface area contributed by atoms with Crippen LogP contribution in [0.1, 0.15) is 0 Å². The van der Waals surface area contributed by atoms with Gasteiger partial charge in [-0.25, -0.2) is 0 Å². The molecule has 0 aromatic carbocycles. The van der Waals surface area contributed by atoms with E-state index in [-0.39, 0.29) is 24.6 Å². The van der Waals surface area contributed by atoms with Crippen molar-refractivity contribution in [3.8, 4) is 0 Å². The zero-order valence-corrected chi connectivity index (χ0v) is 9.74. The molecule has 4 nitrogen and oxygen atoms in total. The van der Waals surface area contributed by atoms with E-state index in [1.54, 1.807) is 0 Å². The third-order valence-corrected chi connectivity index (χ3v) is 0. The van der Waals surface area contributed by atoms with Gasteiger partial charge in [-0.15, -0.1) is 0 Å². The first kappa shape index (κ1) is 31.1. The predicted octanol–water partition coefficient (Wildman–Crippen LogP) is 5.62. The van der Waals surface area contributed by atoms with Crippen LogP contribution >= 0.6 is 38.6 Å². The maximum atomic E-state index is 5.02. The molecule has 0 unspecified atom stereocenters. The van der Waals surface area contributed by atoms with Gasteiger partial charge in [0.2, 0.25) is 0 Å². The maximum absolute atomic E-state index is 5.02. The van der Waals surface area contributed by atoms with E-state index in [9.17, 15) is 0 Å². The maximum Gasteiger partial charge on any atom is -0.693 e. The third kappa shape index (κ3) is 210. The summed E-state index contributed by atoms with van der Waals surface area (Å²) in [5.74, 6) is 0. The van der Waals surface area contributed by atoms with E-state index in [0.29, 0.717) is 0 Å². The van der Waals surface area contributed by atoms with E-state index < -0.39 is 11.0 Å². The van der Waals surface area contributed by atoms with Gasteiger partial charge in [-0.05, 0) is 0 Å². The molecule has 0 amide bonds.